The Morgan fingerprint density at radius 3 is 2.25 bits per heavy atom. The fourth-order valence-electron chi connectivity index (χ4n) is 1.59. The molecule has 0 aliphatic rings. The van der Waals surface area contributed by atoms with Crippen LogP contribution in [-0.4, -0.2) is 23.5 Å². The van der Waals surface area contributed by atoms with Crippen molar-refractivity contribution in [2.75, 3.05) is 6.54 Å². The molecule has 1 rings (SSSR count). The van der Waals surface area contributed by atoms with Crippen LogP contribution in [0.2, 0.25) is 0 Å². The quantitative estimate of drug-likeness (QED) is 0.893. The number of benzene rings is 1. The summed E-state index contributed by atoms with van der Waals surface area (Å²) in [6.07, 6.45) is -4.50. The van der Waals surface area contributed by atoms with Crippen molar-refractivity contribution < 1.29 is 27.9 Å². The van der Waals surface area contributed by atoms with E-state index >= 15 is 0 Å². The first-order chi connectivity index (χ1) is 9.05. The summed E-state index contributed by atoms with van der Waals surface area (Å²) in [5.41, 5.74) is -1.96. The number of amides is 1. The third-order valence-corrected chi connectivity index (χ3v) is 2.88. The summed E-state index contributed by atoms with van der Waals surface area (Å²) in [4.78, 5) is 22.3. The van der Waals surface area contributed by atoms with Crippen LogP contribution in [0.4, 0.5) is 13.2 Å². The Kier molecular flexibility index (Phi) is 4.42. The Labute approximate surface area is 113 Å². The fourth-order valence-corrected chi connectivity index (χ4v) is 1.59. The number of carboxylic acids is 1. The Balaban J connectivity index is 3.03. The van der Waals surface area contributed by atoms with Crippen molar-refractivity contribution in [2.24, 2.45) is 0 Å². The number of rotatable bonds is 4. The van der Waals surface area contributed by atoms with Crippen molar-refractivity contribution in [3.63, 3.8) is 0 Å². The zero-order chi connectivity index (χ0) is 15.6. The molecule has 0 fully saturated rings. The first-order valence-electron chi connectivity index (χ1n) is 5.73. The molecule has 0 atom stereocenters. The molecular formula is C13H14F3NO3. The number of aliphatic carboxylic acids is 1. The Morgan fingerprint density at radius 2 is 1.75 bits per heavy atom. The van der Waals surface area contributed by atoms with Crippen LogP contribution >= 0.6 is 0 Å². The molecule has 7 heteroatoms. The number of alkyl halides is 3. The molecule has 2 N–H and O–H groups in total. The third-order valence-electron chi connectivity index (χ3n) is 2.88. The maximum Gasteiger partial charge on any atom is 0.416 e. The van der Waals surface area contributed by atoms with Gasteiger partial charge in [-0.1, -0.05) is 18.2 Å². The summed E-state index contributed by atoms with van der Waals surface area (Å²) in [6, 6.07) is 4.41. The summed E-state index contributed by atoms with van der Waals surface area (Å²) < 4.78 is 37.9. The molecule has 0 spiro atoms. The lowest BCUT2D eigenvalue weighted by molar-refractivity contribution is -0.138. The van der Waals surface area contributed by atoms with E-state index < -0.39 is 35.6 Å². The van der Waals surface area contributed by atoms with Crippen LogP contribution in [0.1, 0.15) is 25.0 Å². The minimum Gasteiger partial charge on any atom is -0.480 e. The monoisotopic (exact) mass is 289 g/mol. The molecule has 0 heterocycles. The van der Waals surface area contributed by atoms with E-state index in [0.717, 1.165) is 12.1 Å². The molecule has 1 amide bonds. The van der Waals surface area contributed by atoms with Gasteiger partial charge in [0.2, 0.25) is 5.91 Å². The maximum absolute atomic E-state index is 12.6. The second-order valence-corrected chi connectivity index (χ2v) is 4.78. The van der Waals surface area contributed by atoms with Crippen LogP contribution in [0, 0.1) is 0 Å². The molecule has 20 heavy (non-hydrogen) atoms. The summed E-state index contributed by atoms with van der Waals surface area (Å²) in [6.45, 7) is 2.28. The molecule has 1 aromatic carbocycles. The van der Waals surface area contributed by atoms with Crippen molar-refractivity contribution in [3.8, 4) is 0 Å². The molecule has 0 saturated carbocycles. The second kappa shape index (κ2) is 5.52. The molecule has 110 valence electrons. The van der Waals surface area contributed by atoms with Gasteiger partial charge in [0, 0.05) is 0 Å². The largest absolute Gasteiger partial charge is 0.480 e. The number of hydrogen-bond donors (Lipinski definition) is 2. The molecule has 0 aromatic heterocycles. The van der Waals surface area contributed by atoms with E-state index in [0.29, 0.717) is 0 Å². The average molecular weight is 289 g/mol. The van der Waals surface area contributed by atoms with Gasteiger partial charge >= 0.3 is 12.1 Å². The van der Waals surface area contributed by atoms with Crippen LogP contribution < -0.4 is 5.32 Å². The lowest BCUT2D eigenvalue weighted by Gasteiger charge is -2.24. The van der Waals surface area contributed by atoms with E-state index in [-0.39, 0.29) is 5.56 Å². The second-order valence-electron chi connectivity index (χ2n) is 4.78. The molecular weight excluding hydrogens is 275 g/mol. The number of halogens is 3. The minimum absolute atomic E-state index is 0.162. The van der Waals surface area contributed by atoms with Gasteiger partial charge in [0.05, 0.1) is 11.0 Å². The van der Waals surface area contributed by atoms with Gasteiger partial charge in [-0.3, -0.25) is 9.59 Å². The van der Waals surface area contributed by atoms with Gasteiger partial charge in [-0.15, -0.1) is 0 Å². The Morgan fingerprint density at radius 1 is 1.20 bits per heavy atom. The number of hydrogen-bond acceptors (Lipinski definition) is 2. The molecule has 0 unspecified atom stereocenters. The summed E-state index contributed by atoms with van der Waals surface area (Å²) in [5, 5.41) is 10.6. The highest BCUT2D eigenvalue weighted by molar-refractivity contribution is 5.89. The normalized spacial score (nSPS) is 12.1. The average Bonchev–Trinajstić information content (AvgIpc) is 2.34. The van der Waals surface area contributed by atoms with Crippen LogP contribution in [0.5, 0.6) is 0 Å². The predicted octanol–water partition coefficient (Wildman–Crippen LogP) is 2.18. The van der Waals surface area contributed by atoms with E-state index in [1.54, 1.807) is 0 Å². The molecule has 4 nitrogen and oxygen atoms in total. The van der Waals surface area contributed by atoms with E-state index in [2.05, 4.69) is 5.32 Å². The van der Waals surface area contributed by atoms with Crippen LogP contribution in [-0.2, 0) is 21.2 Å². The molecule has 0 aliphatic carbocycles. The van der Waals surface area contributed by atoms with E-state index in [1.807, 2.05) is 0 Å². The van der Waals surface area contributed by atoms with Crippen molar-refractivity contribution in [3.05, 3.63) is 35.4 Å². The van der Waals surface area contributed by atoms with Crippen LogP contribution in [0.3, 0.4) is 0 Å². The molecule has 0 radical (unpaired) electrons. The van der Waals surface area contributed by atoms with Gasteiger partial charge in [-0.2, -0.15) is 13.2 Å². The van der Waals surface area contributed by atoms with Crippen LogP contribution in [0.15, 0.2) is 24.3 Å². The summed E-state index contributed by atoms with van der Waals surface area (Å²) in [5.74, 6) is -1.88. The van der Waals surface area contributed by atoms with Gasteiger partial charge in [-0.25, -0.2) is 0 Å². The standard InChI is InChI=1S/C13H14F3NO3/c1-12(2,11(20)17-7-10(18)19)8-4-3-5-9(6-8)13(14,15)16/h3-6H,7H2,1-2H3,(H,17,20)(H,18,19). The predicted molar refractivity (Wildman–Crippen MR) is 65.1 cm³/mol. The zero-order valence-corrected chi connectivity index (χ0v) is 10.9. The first kappa shape index (κ1) is 16.0. The van der Waals surface area contributed by atoms with E-state index in [1.165, 1.54) is 26.0 Å². The van der Waals surface area contributed by atoms with Gasteiger partial charge in [0.25, 0.3) is 0 Å². The SMILES string of the molecule is CC(C)(C(=O)NCC(=O)O)c1cccc(C(F)(F)F)c1. The van der Waals surface area contributed by atoms with Crippen molar-refractivity contribution in [1.82, 2.24) is 5.32 Å². The topological polar surface area (TPSA) is 66.4 Å². The molecule has 0 saturated heterocycles. The number of carbonyl (C=O) groups excluding carboxylic acids is 1. The Bertz CT molecular complexity index is 524. The number of carbonyl (C=O) groups is 2. The summed E-state index contributed by atoms with van der Waals surface area (Å²) in [7, 11) is 0. The lowest BCUT2D eigenvalue weighted by atomic mass is 9.83. The number of nitrogens with one attached hydrogen (secondary N) is 1. The van der Waals surface area contributed by atoms with Crippen molar-refractivity contribution in [2.45, 2.75) is 25.4 Å². The lowest BCUT2D eigenvalue weighted by Crippen LogP contribution is -2.42. The molecule has 1 aromatic rings. The van der Waals surface area contributed by atoms with Gasteiger partial charge in [0.1, 0.15) is 6.54 Å². The van der Waals surface area contributed by atoms with E-state index in [4.69, 9.17) is 5.11 Å². The van der Waals surface area contributed by atoms with Gasteiger partial charge in [0.15, 0.2) is 0 Å². The Hall–Kier alpha value is -2.05. The van der Waals surface area contributed by atoms with Crippen molar-refractivity contribution in [1.29, 1.82) is 0 Å². The van der Waals surface area contributed by atoms with Gasteiger partial charge in [-0.05, 0) is 25.5 Å². The highest BCUT2D eigenvalue weighted by Crippen LogP contribution is 2.32. The molecule has 0 bridgehead atoms. The minimum atomic E-state index is -4.50. The smallest absolute Gasteiger partial charge is 0.416 e. The molecule has 0 aliphatic heterocycles. The van der Waals surface area contributed by atoms with Crippen LogP contribution in [0.25, 0.3) is 0 Å². The van der Waals surface area contributed by atoms with Crippen molar-refractivity contribution >= 4 is 11.9 Å². The highest BCUT2D eigenvalue weighted by Gasteiger charge is 2.34. The zero-order valence-electron chi connectivity index (χ0n) is 10.9. The third kappa shape index (κ3) is 3.72. The summed E-state index contributed by atoms with van der Waals surface area (Å²) >= 11 is 0. The fraction of sp³-hybridized carbons (Fsp3) is 0.385. The maximum atomic E-state index is 12.6. The van der Waals surface area contributed by atoms with E-state index in [9.17, 15) is 22.8 Å². The number of carboxylic acid groups (broad SMARTS) is 1. The first-order valence-corrected chi connectivity index (χ1v) is 5.73. The van der Waals surface area contributed by atoms with Gasteiger partial charge < -0.3 is 10.4 Å². The highest BCUT2D eigenvalue weighted by atomic mass is 19.4.